The molecule has 3 rings (SSSR count). The highest BCUT2D eigenvalue weighted by atomic mass is 35.5. The van der Waals surface area contributed by atoms with Crippen LogP contribution in [0.2, 0.25) is 5.02 Å². The Morgan fingerprint density at radius 2 is 1.79 bits per heavy atom. The zero-order valence-corrected chi connectivity index (χ0v) is 19.5. The molecule has 180 valence electrons. The van der Waals surface area contributed by atoms with Gasteiger partial charge in [-0.1, -0.05) is 17.7 Å². The molecular weight excluding hydrogens is 483 g/mol. The van der Waals surface area contributed by atoms with Crippen molar-refractivity contribution in [3.05, 3.63) is 53.1 Å². The maximum absolute atomic E-state index is 13.0. The second-order valence-electron chi connectivity index (χ2n) is 7.47. The molecule has 1 heterocycles. The highest BCUT2D eigenvalue weighted by molar-refractivity contribution is 7.89. The number of ether oxygens (including phenoxy) is 1. The number of hydrogen-bond donors (Lipinski definition) is 0. The summed E-state index contributed by atoms with van der Waals surface area (Å²) in [6, 6.07) is 9.20. The first kappa shape index (κ1) is 25.1. The number of likely N-dealkylation sites (N-methyl/N-ethyl adjacent to an activating group) is 1. The Kier molecular flexibility index (Phi) is 7.45. The number of carbonyl (C=O) groups excluding carboxylic acids is 1. The molecule has 1 saturated heterocycles. The molecule has 0 atom stereocenters. The molecular formula is C21H23ClF3N3O4S. The van der Waals surface area contributed by atoms with E-state index in [1.807, 2.05) is 0 Å². The van der Waals surface area contributed by atoms with Gasteiger partial charge in [0, 0.05) is 43.9 Å². The number of nitrogens with zero attached hydrogens (tertiary/aromatic N) is 3. The Morgan fingerprint density at radius 3 is 2.39 bits per heavy atom. The molecule has 0 bridgehead atoms. The average Bonchev–Trinajstić information content (AvgIpc) is 2.78. The number of sulfonamides is 1. The summed E-state index contributed by atoms with van der Waals surface area (Å²) in [5, 5.41) is 0.208. The lowest BCUT2D eigenvalue weighted by Crippen LogP contribution is -2.51. The molecule has 33 heavy (non-hydrogen) atoms. The lowest BCUT2D eigenvalue weighted by atomic mass is 10.1. The normalized spacial score (nSPS) is 15.1. The minimum Gasteiger partial charge on any atom is -0.495 e. The van der Waals surface area contributed by atoms with Crippen molar-refractivity contribution in [2.45, 2.75) is 11.1 Å². The number of alkyl halides is 3. The van der Waals surface area contributed by atoms with E-state index in [-0.39, 0.29) is 28.8 Å². The van der Waals surface area contributed by atoms with Crippen LogP contribution in [-0.2, 0) is 21.0 Å². The Hall–Kier alpha value is -2.50. The number of piperazine rings is 1. The van der Waals surface area contributed by atoms with Gasteiger partial charge < -0.3 is 14.5 Å². The lowest BCUT2D eigenvalue weighted by molar-refractivity contribution is -0.137. The highest BCUT2D eigenvalue weighted by Crippen LogP contribution is 2.32. The van der Waals surface area contributed by atoms with Crippen LogP contribution >= 0.6 is 11.6 Å². The van der Waals surface area contributed by atoms with Crippen LogP contribution in [-0.4, -0.2) is 70.4 Å². The van der Waals surface area contributed by atoms with Crippen molar-refractivity contribution in [3.8, 4) is 5.75 Å². The minimum atomic E-state index is -4.43. The van der Waals surface area contributed by atoms with E-state index in [4.69, 9.17) is 16.3 Å². The molecule has 1 fully saturated rings. The zero-order chi connectivity index (χ0) is 24.4. The third-order valence-corrected chi connectivity index (χ3v) is 7.40. The Bertz CT molecular complexity index is 1120. The van der Waals surface area contributed by atoms with Gasteiger partial charge in [0.2, 0.25) is 15.9 Å². The van der Waals surface area contributed by atoms with Crippen LogP contribution in [0.4, 0.5) is 18.9 Å². The summed E-state index contributed by atoms with van der Waals surface area (Å²) in [7, 11) is -1.44. The minimum absolute atomic E-state index is 0.105. The SMILES string of the molecule is COc1ccc(Cl)cc1S(=O)(=O)N(C)CC(=O)N1CCN(c2cccc(C(F)(F)F)c2)CC1. The number of anilines is 1. The van der Waals surface area contributed by atoms with Crippen LogP contribution in [0.1, 0.15) is 5.56 Å². The van der Waals surface area contributed by atoms with Crippen molar-refractivity contribution in [1.82, 2.24) is 9.21 Å². The van der Waals surface area contributed by atoms with Crippen LogP contribution in [0.25, 0.3) is 0 Å². The van der Waals surface area contributed by atoms with E-state index >= 15 is 0 Å². The third kappa shape index (κ3) is 5.71. The van der Waals surface area contributed by atoms with Gasteiger partial charge in [-0.2, -0.15) is 17.5 Å². The van der Waals surface area contributed by atoms with Crippen molar-refractivity contribution >= 4 is 33.2 Å². The number of amides is 1. The molecule has 1 amide bonds. The molecule has 0 saturated carbocycles. The molecule has 0 aliphatic carbocycles. The van der Waals surface area contributed by atoms with Gasteiger partial charge in [-0.15, -0.1) is 0 Å². The van der Waals surface area contributed by atoms with E-state index in [2.05, 4.69) is 0 Å². The summed E-state index contributed by atoms with van der Waals surface area (Å²) in [6.45, 7) is 0.756. The third-order valence-electron chi connectivity index (χ3n) is 5.34. The summed E-state index contributed by atoms with van der Waals surface area (Å²) in [5.74, 6) is -0.306. The van der Waals surface area contributed by atoms with Gasteiger partial charge in [-0.25, -0.2) is 8.42 Å². The first-order chi connectivity index (χ1) is 15.4. The summed E-state index contributed by atoms with van der Waals surface area (Å²) in [4.78, 5) is 15.8. The number of carbonyl (C=O) groups is 1. The van der Waals surface area contributed by atoms with Crippen LogP contribution in [0, 0.1) is 0 Å². The van der Waals surface area contributed by atoms with Gasteiger partial charge in [0.25, 0.3) is 0 Å². The summed E-state index contributed by atoms with van der Waals surface area (Å²) in [5.41, 5.74) is -0.313. The van der Waals surface area contributed by atoms with Crippen LogP contribution in [0.3, 0.4) is 0 Å². The topological polar surface area (TPSA) is 70.2 Å². The number of benzene rings is 2. The second kappa shape index (κ2) is 9.78. The summed E-state index contributed by atoms with van der Waals surface area (Å²) in [6.07, 6.45) is -4.43. The predicted octanol–water partition coefficient (Wildman–Crippen LogP) is 3.34. The van der Waals surface area contributed by atoms with Crippen molar-refractivity contribution < 1.29 is 31.1 Å². The van der Waals surface area contributed by atoms with Crippen molar-refractivity contribution in [2.24, 2.45) is 0 Å². The van der Waals surface area contributed by atoms with E-state index < -0.39 is 34.2 Å². The molecule has 0 radical (unpaired) electrons. The summed E-state index contributed by atoms with van der Waals surface area (Å²) >= 11 is 5.93. The van der Waals surface area contributed by atoms with Gasteiger partial charge in [-0.05, 0) is 36.4 Å². The molecule has 7 nitrogen and oxygen atoms in total. The smallest absolute Gasteiger partial charge is 0.416 e. The van der Waals surface area contributed by atoms with Crippen LogP contribution < -0.4 is 9.64 Å². The molecule has 2 aromatic carbocycles. The highest BCUT2D eigenvalue weighted by Gasteiger charge is 2.32. The number of halogens is 4. The van der Waals surface area contributed by atoms with E-state index in [9.17, 15) is 26.4 Å². The molecule has 0 N–H and O–H groups in total. The Morgan fingerprint density at radius 1 is 1.12 bits per heavy atom. The predicted molar refractivity (Wildman–Crippen MR) is 118 cm³/mol. The fourth-order valence-corrected chi connectivity index (χ4v) is 5.02. The van der Waals surface area contributed by atoms with Gasteiger partial charge in [0.1, 0.15) is 10.6 Å². The fraction of sp³-hybridized carbons (Fsp3) is 0.381. The number of methoxy groups -OCH3 is 1. The Balaban J connectivity index is 1.64. The Labute approximate surface area is 195 Å². The van der Waals surface area contributed by atoms with Gasteiger partial charge in [0.05, 0.1) is 19.2 Å². The number of rotatable bonds is 6. The van der Waals surface area contributed by atoms with Crippen LogP contribution in [0.15, 0.2) is 47.4 Å². The van der Waals surface area contributed by atoms with Gasteiger partial charge in [-0.3, -0.25) is 4.79 Å². The van der Waals surface area contributed by atoms with E-state index in [1.54, 1.807) is 11.0 Å². The second-order valence-corrected chi connectivity index (χ2v) is 9.92. The van der Waals surface area contributed by atoms with E-state index in [0.717, 1.165) is 16.4 Å². The standard InChI is InChI=1S/C21H23ClF3N3O4S/c1-26(33(30,31)19-13-16(22)6-7-18(19)32-2)14-20(29)28-10-8-27(9-11-28)17-5-3-4-15(12-17)21(23,24)25/h3-7,12-13H,8-11,14H2,1-2H3. The zero-order valence-electron chi connectivity index (χ0n) is 18.0. The number of hydrogen-bond acceptors (Lipinski definition) is 5. The lowest BCUT2D eigenvalue weighted by Gasteiger charge is -2.36. The van der Waals surface area contributed by atoms with Crippen LogP contribution in [0.5, 0.6) is 5.75 Å². The molecule has 2 aromatic rings. The average molecular weight is 506 g/mol. The molecule has 1 aliphatic heterocycles. The molecule has 1 aliphatic rings. The molecule has 0 unspecified atom stereocenters. The fourth-order valence-electron chi connectivity index (χ4n) is 3.49. The monoisotopic (exact) mass is 505 g/mol. The molecule has 12 heteroatoms. The van der Waals surface area contributed by atoms with Crippen molar-refractivity contribution in [1.29, 1.82) is 0 Å². The molecule has 0 spiro atoms. The maximum Gasteiger partial charge on any atom is 0.416 e. The molecule has 0 aromatic heterocycles. The first-order valence-electron chi connectivity index (χ1n) is 9.93. The van der Waals surface area contributed by atoms with E-state index in [0.29, 0.717) is 18.8 Å². The maximum atomic E-state index is 13.0. The summed E-state index contributed by atoms with van der Waals surface area (Å²) < 4.78 is 70.8. The van der Waals surface area contributed by atoms with Gasteiger partial charge >= 0.3 is 6.18 Å². The van der Waals surface area contributed by atoms with Crippen molar-refractivity contribution in [3.63, 3.8) is 0 Å². The van der Waals surface area contributed by atoms with Gasteiger partial charge in [0.15, 0.2) is 0 Å². The first-order valence-corrected chi connectivity index (χ1v) is 11.7. The largest absolute Gasteiger partial charge is 0.495 e. The van der Waals surface area contributed by atoms with E-state index in [1.165, 1.54) is 43.3 Å². The quantitative estimate of drug-likeness (QED) is 0.602. The van der Waals surface area contributed by atoms with Crippen molar-refractivity contribution in [2.75, 3.05) is 51.8 Å².